The molecule has 0 aliphatic carbocycles. The van der Waals surface area contributed by atoms with Gasteiger partial charge in [0.15, 0.2) is 6.04 Å². The first-order chi connectivity index (χ1) is 13.3. The van der Waals surface area contributed by atoms with Crippen LogP contribution in [0.3, 0.4) is 0 Å². The molecule has 0 saturated carbocycles. The van der Waals surface area contributed by atoms with Crippen molar-refractivity contribution in [3.05, 3.63) is 35.2 Å². The van der Waals surface area contributed by atoms with Crippen molar-refractivity contribution in [3.8, 4) is 0 Å². The van der Waals surface area contributed by atoms with Crippen LogP contribution in [0.4, 0.5) is 5.69 Å². The molecule has 28 heavy (non-hydrogen) atoms. The minimum absolute atomic E-state index is 0.0636. The van der Waals surface area contributed by atoms with E-state index in [0.29, 0.717) is 12.0 Å². The van der Waals surface area contributed by atoms with Crippen LogP contribution in [0.15, 0.2) is 18.2 Å². The topological polar surface area (TPSA) is 51.3 Å². The SMILES string of the molecule is CCC(C)(C)n1nnnc1[C@H](C(C)C)[NH+]1CCN(c2cccc(C)c2C)CC1. The molecule has 1 aromatic carbocycles. The second kappa shape index (κ2) is 8.19. The second-order valence-corrected chi connectivity index (χ2v) is 9.20. The normalized spacial score (nSPS) is 17.4. The van der Waals surface area contributed by atoms with Gasteiger partial charge < -0.3 is 9.80 Å². The summed E-state index contributed by atoms with van der Waals surface area (Å²) in [5, 5.41) is 12.9. The molecule has 1 saturated heterocycles. The third kappa shape index (κ3) is 3.93. The molecule has 3 rings (SSSR count). The Morgan fingerprint density at radius 3 is 2.43 bits per heavy atom. The molecule has 0 amide bonds. The minimum Gasteiger partial charge on any atom is -0.360 e. The van der Waals surface area contributed by atoms with Crippen LogP contribution in [0.1, 0.15) is 64.0 Å². The van der Waals surface area contributed by atoms with Gasteiger partial charge in [0.2, 0.25) is 5.82 Å². The molecule has 1 fully saturated rings. The van der Waals surface area contributed by atoms with Gasteiger partial charge in [-0.3, -0.25) is 0 Å². The number of quaternary nitrogens is 1. The number of anilines is 1. The van der Waals surface area contributed by atoms with Gasteiger partial charge >= 0.3 is 0 Å². The van der Waals surface area contributed by atoms with Gasteiger partial charge in [-0.25, -0.2) is 4.68 Å². The van der Waals surface area contributed by atoms with Crippen molar-refractivity contribution in [2.75, 3.05) is 31.1 Å². The van der Waals surface area contributed by atoms with Crippen LogP contribution in [0, 0.1) is 19.8 Å². The van der Waals surface area contributed by atoms with Crippen molar-refractivity contribution >= 4 is 5.69 Å². The lowest BCUT2D eigenvalue weighted by molar-refractivity contribution is -0.937. The van der Waals surface area contributed by atoms with Crippen LogP contribution < -0.4 is 9.80 Å². The van der Waals surface area contributed by atoms with Crippen LogP contribution in [-0.2, 0) is 5.54 Å². The average molecular weight is 386 g/mol. The number of hydrogen-bond donors (Lipinski definition) is 1. The maximum absolute atomic E-state index is 4.50. The van der Waals surface area contributed by atoms with Crippen LogP contribution >= 0.6 is 0 Å². The van der Waals surface area contributed by atoms with Gasteiger partial charge in [0, 0.05) is 11.6 Å². The summed E-state index contributed by atoms with van der Waals surface area (Å²) in [5.74, 6) is 1.52. The van der Waals surface area contributed by atoms with Crippen molar-refractivity contribution in [3.63, 3.8) is 0 Å². The molecule has 1 atom stereocenters. The highest BCUT2D eigenvalue weighted by Crippen LogP contribution is 2.26. The zero-order valence-corrected chi connectivity index (χ0v) is 18.7. The standard InChI is InChI=1S/C22H36N6/c1-8-22(6,7)28-21(23-24-25-28)20(16(2)3)27-14-12-26(13-15-27)19-11-9-10-17(4)18(19)5/h9-11,16,20H,8,12-15H2,1-7H3/p+1/t20-/m0/s1. The highest BCUT2D eigenvalue weighted by Gasteiger charge is 2.37. The van der Waals surface area contributed by atoms with Gasteiger partial charge in [-0.2, -0.15) is 0 Å². The summed E-state index contributed by atoms with van der Waals surface area (Å²) in [6, 6.07) is 6.96. The zero-order chi connectivity index (χ0) is 20.5. The summed E-state index contributed by atoms with van der Waals surface area (Å²) < 4.78 is 2.07. The van der Waals surface area contributed by atoms with Gasteiger partial charge in [0.1, 0.15) is 0 Å². The van der Waals surface area contributed by atoms with E-state index < -0.39 is 0 Å². The number of rotatable bonds is 6. The molecule has 154 valence electrons. The van der Waals surface area contributed by atoms with E-state index in [-0.39, 0.29) is 5.54 Å². The minimum atomic E-state index is -0.0636. The second-order valence-electron chi connectivity index (χ2n) is 9.20. The van der Waals surface area contributed by atoms with Crippen LogP contribution in [0.5, 0.6) is 0 Å². The Balaban J connectivity index is 1.80. The molecular weight excluding hydrogens is 348 g/mol. The summed E-state index contributed by atoms with van der Waals surface area (Å²) >= 11 is 0. The molecular formula is C22H37N6+. The Bertz CT molecular complexity index is 786. The van der Waals surface area contributed by atoms with Gasteiger partial charge in [-0.1, -0.05) is 32.9 Å². The van der Waals surface area contributed by atoms with E-state index in [0.717, 1.165) is 38.4 Å². The molecule has 1 aliphatic rings. The number of piperazine rings is 1. The molecule has 2 aromatic rings. The van der Waals surface area contributed by atoms with Gasteiger partial charge in [0.25, 0.3) is 0 Å². The largest absolute Gasteiger partial charge is 0.360 e. The monoisotopic (exact) mass is 385 g/mol. The van der Waals surface area contributed by atoms with E-state index in [1.807, 2.05) is 0 Å². The Morgan fingerprint density at radius 1 is 1.14 bits per heavy atom. The van der Waals surface area contributed by atoms with E-state index in [2.05, 4.69) is 91.8 Å². The Labute approximate surface area is 169 Å². The Morgan fingerprint density at radius 2 is 1.82 bits per heavy atom. The molecule has 0 unspecified atom stereocenters. The molecule has 6 heteroatoms. The van der Waals surface area contributed by atoms with Crippen molar-refractivity contribution in [1.82, 2.24) is 20.2 Å². The summed E-state index contributed by atoms with van der Waals surface area (Å²) in [6.45, 7) is 20.0. The lowest BCUT2D eigenvalue weighted by atomic mass is 9.97. The van der Waals surface area contributed by atoms with E-state index in [4.69, 9.17) is 0 Å². The first-order valence-electron chi connectivity index (χ1n) is 10.7. The van der Waals surface area contributed by atoms with E-state index in [1.165, 1.54) is 16.8 Å². The summed E-state index contributed by atoms with van der Waals surface area (Å²) in [7, 11) is 0. The molecule has 0 radical (unpaired) electrons. The number of nitrogens with one attached hydrogen (secondary N) is 1. The van der Waals surface area contributed by atoms with Gasteiger partial charge in [-0.05, 0) is 61.7 Å². The van der Waals surface area contributed by atoms with E-state index >= 15 is 0 Å². The van der Waals surface area contributed by atoms with Crippen LogP contribution in [0.25, 0.3) is 0 Å². The fourth-order valence-corrected chi connectivity index (χ4v) is 4.35. The molecule has 1 aliphatic heterocycles. The average Bonchev–Trinajstić information content (AvgIpc) is 3.15. The molecule has 6 nitrogen and oxygen atoms in total. The third-order valence-electron chi connectivity index (χ3n) is 6.64. The molecule has 0 bridgehead atoms. The predicted molar refractivity (Wildman–Crippen MR) is 114 cm³/mol. The van der Waals surface area contributed by atoms with E-state index in [9.17, 15) is 0 Å². The highest BCUT2D eigenvalue weighted by atomic mass is 15.6. The molecule has 2 heterocycles. The maximum Gasteiger partial charge on any atom is 0.210 e. The summed E-state index contributed by atoms with van der Waals surface area (Å²) in [6.07, 6.45) is 1.01. The molecule has 0 spiro atoms. The quantitative estimate of drug-likeness (QED) is 0.830. The van der Waals surface area contributed by atoms with E-state index in [1.54, 1.807) is 4.90 Å². The highest BCUT2D eigenvalue weighted by molar-refractivity contribution is 5.56. The number of nitrogens with zero attached hydrogens (tertiary/aromatic N) is 5. The lowest BCUT2D eigenvalue weighted by Gasteiger charge is -2.39. The fraction of sp³-hybridized carbons (Fsp3) is 0.682. The summed E-state index contributed by atoms with van der Waals surface area (Å²) in [4.78, 5) is 4.14. The fourth-order valence-electron chi connectivity index (χ4n) is 4.35. The smallest absolute Gasteiger partial charge is 0.210 e. The first kappa shape index (κ1) is 20.8. The van der Waals surface area contributed by atoms with Gasteiger partial charge in [0.05, 0.1) is 31.7 Å². The van der Waals surface area contributed by atoms with Crippen molar-refractivity contribution in [2.24, 2.45) is 5.92 Å². The van der Waals surface area contributed by atoms with Crippen LogP contribution in [-0.4, -0.2) is 46.4 Å². The molecule has 1 aromatic heterocycles. The number of aryl methyl sites for hydroxylation is 1. The number of hydrogen-bond acceptors (Lipinski definition) is 4. The zero-order valence-electron chi connectivity index (χ0n) is 18.7. The maximum atomic E-state index is 4.50. The summed E-state index contributed by atoms with van der Waals surface area (Å²) in [5.41, 5.74) is 4.09. The number of aromatic nitrogens is 4. The third-order valence-corrected chi connectivity index (χ3v) is 6.64. The first-order valence-corrected chi connectivity index (χ1v) is 10.7. The predicted octanol–water partition coefficient (Wildman–Crippen LogP) is 2.54. The Kier molecular flexibility index (Phi) is 6.08. The van der Waals surface area contributed by atoms with Crippen LogP contribution in [0.2, 0.25) is 0 Å². The van der Waals surface area contributed by atoms with Crippen molar-refractivity contribution in [1.29, 1.82) is 0 Å². The molecule has 1 N–H and O–H groups in total. The van der Waals surface area contributed by atoms with Crippen molar-refractivity contribution in [2.45, 2.75) is 66.5 Å². The number of tetrazole rings is 1. The van der Waals surface area contributed by atoms with Crippen molar-refractivity contribution < 1.29 is 4.90 Å². The number of benzene rings is 1. The lowest BCUT2D eigenvalue weighted by Crippen LogP contribution is -3.15. The Hall–Kier alpha value is -1.95. The van der Waals surface area contributed by atoms with Gasteiger partial charge in [-0.15, -0.1) is 5.10 Å².